The van der Waals surface area contributed by atoms with Gasteiger partial charge in [-0.2, -0.15) is 0 Å². The molecule has 0 unspecified atom stereocenters. The van der Waals surface area contributed by atoms with Gasteiger partial charge in [0.05, 0.1) is 12.7 Å². The zero-order chi connectivity index (χ0) is 13.0. The lowest BCUT2D eigenvalue weighted by Crippen LogP contribution is -2.37. The fourth-order valence-corrected chi connectivity index (χ4v) is 2.39. The monoisotopic (exact) mass is 250 g/mol. The number of aliphatic hydroxyl groups is 1. The quantitative estimate of drug-likeness (QED) is 0.884. The SMILES string of the molecule is CCc1cc(CO)cc(N2CCC(OC)CC2)n1. The molecule has 0 saturated carbocycles. The van der Waals surface area contributed by atoms with Gasteiger partial charge < -0.3 is 14.7 Å². The fourth-order valence-electron chi connectivity index (χ4n) is 2.39. The first kappa shape index (κ1) is 13.3. The zero-order valence-corrected chi connectivity index (χ0v) is 11.2. The van der Waals surface area contributed by atoms with Crippen LogP contribution in [0.15, 0.2) is 12.1 Å². The van der Waals surface area contributed by atoms with Gasteiger partial charge in [-0.1, -0.05) is 6.92 Å². The molecule has 0 amide bonds. The number of methoxy groups -OCH3 is 1. The van der Waals surface area contributed by atoms with Crippen molar-refractivity contribution in [3.8, 4) is 0 Å². The number of piperidine rings is 1. The molecule has 2 rings (SSSR count). The van der Waals surface area contributed by atoms with Gasteiger partial charge in [0.15, 0.2) is 0 Å². The second-order valence-corrected chi connectivity index (χ2v) is 4.76. The first-order chi connectivity index (χ1) is 8.76. The first-order valence-corrected chi connectivity index (χ1v) is 6.65. The van der Waals surface area contributed by atoms with Crippen molar-refractivity contribution in [1.82, 2.24) is 4.98 Å². The molecular formula is C14H22N2O2. The van der Waals surface area contributed by atoms with E-state index in [1.165, 1.54) is 0 Å². The minimum atomic E-state index is 0.0804. The van der Waals surface area contributed by atoms with Crippen molar-refractivity contribution in [2.24, 2.45) is 0 Å². The zero-order valence-electron chi connectivity index (χ0n) is 11.2. The molecule has 1 aromatic heterocycles. The smallest absolute Gasteiger partial charge is 0.129 e. The minimum Gasteiger partial charge on any atom is -0.392 e. The van der Waals surface area contributed by atoms with E-state index in [1.54, 1.807) is 7.11 Å². The number of pyridine rings is 1. The number of aliphatic hydroxyl groups excluding tert-OH is 1. The molecule has 1 aliphatic heterocycles. The van der Waals surface area contributed by atoms with Gasteiger partial charge in [-0.25, -0.2) is 4.98 Å². The van der Waals surface area contributed by atoms with Crippen molar-refractivity contribution in [2.45, 2.75) is 38.9 Å². The summed E-state index contributed by atoms with van der Waals surface area (Å²) in [4.78, 5) is 6.93. The molecule has 4 heteroatoms. The van der Waals surface area contributed by atoms with Crippen molar-refractivity contribution in [1.29, 1.82) is 0 Å². The Labute approximate surface area is 109 Å². The molecule has 0 atom stereocenters. The van der Waals surface area contributed by atoms with Crippen molar-refractivity contribution in [3.05, 3.63) is 23.4 Å². The van der Waals surface area contributed by atoms with Crippen LogP contribution in [0.5, 0.6) is 0 Å². The van der Waals surface area contributed by atoms with Gasteiger partial charge in [0.2, 0.25) is 0 Å². The molecule has 0 bridgehead atoms. The Bertz CT molecular complexity index is 365. The highest BCUT2D eigenvalue weighted by atomic mass is 16.5. The average molecular weight is 250 g/mol. The van der Waals surface area contributed by atoms with E-state index in [1.807, 2.05) is 12.1 Å². The van der Waals surface area contributed by atoms with Crippen LogP contribution in [0.25, 0.3) is 0 Å². The molecular weight excluding hydrogens is 228 g/mol. The van der Waals surface area contributed by atoms with Gasteiger partial charge in [0, 0.05) is 25.9 Å². The summed E-state index contributed by atoms with van der Waals surface area (Å²) >= 11 is 0. The summed E-state index contributed by atoms with van der Waals surface area (Å²) in [6.07, 6.45) is 3.37. The summed E-state index contributed by atoms with van der Waals surface area (Å²) in [5, 5.41) is 9.29. The number of rotatable bonds is 4. The molecule has 18 heavy (non-hydrogen) atoms. The Hall–Kier alpha value is -1.13. The number of hydrogen-bond donors (Lipinski definition) is 1. The number of anilines is 1. The number of nitrogens with zero attached hydrogens (tertiary/aromatic N) is 2. The predicted octanol–water partition coefficient (Wildman–Crippen LogP) is 1.75. The van der Waals surface area contributed by atoms with Gasteiger partial charge in [-0.3, -0.25) is 0 Å². The topological polar surface area (TPSA) is 45.6 Å². The second kappa shape index (κ2) is 6.16. The third-order valence-corrected chi connectivity index (χ3v) is 3.57. The highest BCUT2D eigenvalue weighted by molar-refractivity contribution is 5.43. The van der Waals surface area contributed by atoms with E-state index >= 15 is 0 Å². The van der Waals surface area contributed by atoms with Crippen LogP contribution in [0, 0.1) is 0 Å². The van der Waals surface area contributed by atoms with Crippen LogP contribution in [0.4, 0.5) is 5.82 Å². The Kier molecular flexibility index (Phi) is 4.55. The first-order valence-electron chi connectivity index (χ1n) is 6.65. The van der Waals surface area contributed by atoms with Gasteiger partial charge in [0.25, 0.3) is 0 Å². The molecule has 1 aromatic rings. The summed E-state index contributed by atoms with van der Waals surface area (Å²) in [5.74, 6) is 0.993. The Morgan fingerprint density at radius 2 is 2.11 bits per heavy atom. The molecule has 0 radical (unpaired) electrons. The van der Waals surface area contributed by atoms with Crippen molar-refractivity contribution in [2.75, 3.05) is 25.1 Å². The Morgan fingerprint density at radius 1 is 1.39 bits per heavy atom. The summed E-state index contributed by atoms with van der Waals surface area (Å²) in [7, 11) is 1.78. The predicted molar refractivity (Wildman–Crippen MR) is 71.8 cm³/mol. The van der Waals surface area contributed by atoms with Gasteiger partial charge in [-0.05, 0) is 37.0 Å². The standard InChI is InChI=1S/C14H22N2O2/c1-3-12-8-11(10-17)9-14(15-12)16-6-4-13(18-2)5-7-16/h8-9,13,17H,3-7,10H2,1-2H3. The maximum atomic E-state index is 9.29. The molecule has 1 fully saturated rings. The third-order valence-electron chi connectivity index (χ3n) is 3.57. The molecule has 1 saturated heterocycles. The molecule has 4 nitrogen and oxygen atoms in total. The molecule has 0 aromatic carbocycles. The van der Waals surface area contributed by atoms with Crippen LogP contribution >= 0.6 is 0 Å². The van der Waals surface area contributed by atoms with Gasteiger partial charge >= 0.3 is 0 Å². The summed E-state index contributed by atoms with van der Waals surface area (Å²) < 4.78 is 5.38. The van der Waals surface area contributed by atoms with Crippen LogP contribution in [-0.2, 0) is 17.8 Å². The normalized spacial score (nSPS) is 17.2. The molecule has 2 heterocycles. The van der Waals surface area contributed by atoms with E-state index in [-0.39, 0.29) is 6.61 Å². The second-order valence-electron chi connectivity index (χ2n) is 4.76. The lowest BCUT2D eigenvalue weighted by molar-refractivity contribution is 0.0818. The van der Waals surface area contributed by atoms with Crippen molar-refractivity contribution < 1.29 is 9.84 Å². The molecule has 1 N–H and O–H groups in total. The highest BCUT2D eigenvalue weighted by Crippen LogP contribution is 2.21. The van der Waals surface area contributed by atoms with Gasteiger partial charge in [0.1, 0.15) is 5.82 Å². The van der Waals surface area contributed by atoms with E-state index in [4.69, 9.17) is 4.74 Å². The summed E-state index contributed by atoms with van der Waals surface area (Å²) in [6, 6.07) is 3.97. The Balaban J connectivity index is 2.13. The van der Waals surface area contributed by atoms with E-state index < -0.39 is 0 Å². The van der Waals surface area contributed by atoms with E-state index in [9.17, 15) is 5.11 Å². The molecule has 0 aliphatic carbocycles. The van der Waals surface area contributed by atoms with E-state index in [0.29, 0.717) is 6.10 Å². The average Bonchev–Trinajstić information content (AvgIpc) is 2.46. The van der Waals surface area contributed by atoms with Crippen LogP contribution in [-0.4, -0.2) is 36.4 Å². The number of hydrogen-bond acceptors (Lipinski definition) is 4. The molecule has 100 valence electrons. The van der Waals surface area contributed by atoms with Gasteiger partial charge in [-0.15, -0.1) is 0 Å². The van der Waals surface area contributed by atoms with Crippen molar-refractivity contribution >= 4 is 5.82 Å². The minimum absolute atomic E-state index is 0.0804. The van der Waals surface area contributed by atoms with Crippen molar-refractivity contribution in [3.63, 3.8) is 0 Å². The number of aromatic nitrogens is 1. The maximum absolute atomic E-state index is 9.29. The lowest BCUT2D eigenvalue weighted by Gasteiger charge is -2.32. The number of aryl methyl sites for hydroxylation is 1. The van der Waals surface area contributed by atoms with Crippen LogP contribution in [0.1, 0.15) is 31.0 Å². The highest BCUT2D eigenvalue weighted by Gasteiger charge is 2.20. The van der Waals surface area contributed by atoms with E-state index in [2.05, 4.69) is 16.8 Å². The van der Waals surface area contributed by atoms with Crippen LogP contribution < -0.4 is 4.90 Å². The summed E-state index contributed by atoms with van der Waals surface area (Å²) in [5.41, 5.74) is 2.00. The molecule has 0 spiro atoms. The van der Waals surface area contributed by atoms with E-state index in [0.717, 1.165) is 49.4 Å². The maximum Gasteiger partial charge on any atom is 0.129 e. The summed E-state index contributed by atoms with van der Waals surface area (Å²) in [6.45, 7) is 4.12. The lowest BCUT2D eigenvalue weighted by atomic mass is 10.1. The van der Waals surface area contributed by atoms with Crippen LogP contribution in [0.3, 0.4) is 0 Å². The number of ether oxygens (including phenoxy) is 1. The Morgan fingerprint density at radius 3 is 2.67 bits per heavy atom. The third kappa shape index (κ3) is 3.00. The largest absolute Gasteiger partial charge is 0.392 e. The molecule has 1 aliphatic rings. The van der Waals surface area contributed by atoms with Crippen LogP contribution in [0.2, 0.25) is 0 Å². The fraction of sp³-hybridized carbons (Fsp3) is 0.643.